The third-order valence-electron chi connectivity index (χ3n) is 14.8. The predicted molar refractivity (Wildman–Crippen MR) is 290 cm³/mol. The Kier molecular flexibility index (Phi) is 9.99. The summed E-state index contributed by atoms with van der Waals surface area (Å²) in [6, 6.07) is 107. The molecule has 0 saturated heterocycles. The molecule has 0 amide bonds. The van der Waals surface area contributed by atoms with Gasteiger partial charge in [-0.05, 0) is 133 Å². The molecule has 330 valence electrons. The summed E-state index contributed by atoms with van der Waals surface area (Å²) in [6.07, 6.45) is 0. The monoisotopic (exact) mass is 892 g/mol. The minimum atomic E-state index is -0.623. The van der Waals surface area contributed by atoms with Crippen LogP contribution < -0.4 is 9.80 Å². The average Bonchev–Trinajstić information content (AvgIpc) is 3.73. The molecule has 0 N–H and O–H groups in total. The highest BCUT2D eigenvalue weighted by Crippen LogP contribution is 2.65. The molecular weight excluding hydrogens is 845 g/mol. The van der Waals surface area contributed by atoms with E-state index in [9.17, 15) is 0 Å². The van der Waals surface area contributed by atoms with E-state index < -0.39 is 10.8 Å². The van der Waals surface area contributed by atoms with Crippen LogP contribution in [-0.4, -0.2) is 0 Å². The summed E-state index contributed by atoms with van der Waals surface area (Å²) in [6.45, 7) is 0. The molecule has 11 aromatic rings. The lowest BCUT2D eigenvalue weighted by Crippen LogP contribution is -2.44. The van der Waals surface area contributed by atoms with Gasteiger partial charge in [-0.15, -0.1) is 0 Å². The number of fused-ring (bicyclic) bond motifs is 9. The van der Waals surface area contributed by atoms with E-state index in [2.05, 4.69) is 301 Å². The van der Waals surface area contributed by atoms with Gasteiger partial charge in [-0.1, -0.05) is 224 Å². The fraction of sp³-hybridized carbons (Fsp3) is 0.0294. The second kappa shape index (κ2) is 17.0. The normalized spacial score (nSPS) is 13.4. The summed E-state index contributed by atoms with van der Waals surface area (Å²) >= 11 is 0. The Morgan fingerprint density at radius 1 is 0.200 bits per heavy atom. The van der Waals surface area contributed by atoms with Gasteiger partial charge in [0.05, 0.1) is 10.8 Å². The molecule has 0 radical (unpaired) electrons. The molecule has 2 heteroatoms. The van der Waals surface area contributed by atoms with Crippen LogP contribution in [-0.2, 0) is 10.8 Å². The second-order valence-corrected chi connectivity index (χ2v) is 18.4. The van der Waals surface area contributed by atoms with Crippen molar-refractivity contribution in [3.63, 3.8) is 0 Å². The first-order valence-corrected chi connectivity index (χ1v) is 24.3. The Bertz CT molecular complexity index is 3550. The predicted octanol–water partition coefficient (Wildman–Crippen LogP) is 17.4. The van der Waals surface area contributed by atoms with E-state index in [0.29, 0.717) is 0 Å². The Morgan fingerprint density at radius 3 is 1.07 bits per heavy atom. The van der Waals surface area contributed by atoms with Gasteiger partial charge in [-0.3, -0.25) is 0 Å². The van der Waals surface area contributed by atoms with E-state index in [1.807, 2.05) is 0 Å². The number of hydrogen-bond acceptors (Lipinski definition) is 2. The third-order valence-corrected chi connectivity index (χ3v) is 14.8. The van der Waals surface area contributed by atoms with E-state index in [1.54, 1.807) is 0 Å². The molecular formula is C68H48N2. The number of benzene rings is 11. The first kappa shape index (κ1) is 41.2. The molecule has 2 nitrogen and oxygen atoms in total. The summed E-state index contributed by atoms with van der Waals surface area (Å²) < 4.78 is 0. The zero-order chi connectivity index (χ0) is 46.5. The largest absolute Gasteiger partial charge is 0.310 e. The summed E-state index contributed by atoms with van der Waals surface area (Å²) in [5.74, 6) is 0. The molecule has 2 aliphatic rings. The van der Waals surface area contributed by atoms with E-state index in [-0.39, 0.29) is 0 Å². The maximum Gasteiger partial charge on any atom is 0.0720 e. The van der Waals surface area contributed by atoms with Crippen molar-refractivity contribution >= 4 is 34.1 Å². The van der Waals surface area contributed by atoms with Crippen molar-refractivity contribution in [2.24, 2.45) is 0 Å². The van der Waals surface area contributed by atoms with E-state index >= 15 is 0 Å². The summed E-state index contributed by atoms with van der Waals surface area (Å²) in [7, 11) is 0. The fourth-order valence-corrected chi connectivity index (χ4v) is 12.0. The average molecular weight is 893 g/mol. The van der Waals surface area contributed by atoms with Crippen LogP contribution in [0, 0.1) is 0 Å². The molecule has 11 aromatic carbocycles. The molecule has 0 aromatic heterocycles. The van der Waals surface area contributed by atoms with Crippen molar-refractivity contribution in [3.05, 3.63) is 336 Å². The lowest BCUT2D eigenvalue weighted by molar-refractivity contribution is 0.623. The van der Waals surface area contributed by atoms with Gasteiger partial charge in [0.2, 0.25) is 0 Å². The summed E-state index contributed by atoms with van der Waals surface area (Å²) in [4.78, 5) is 4.79. The SMILES string of the molecule is c1ccc(-c2ccc(N(c3ccccc3)c3cccc(N(c4ccccc4)c4ccc5c(c4)C4(c6ccccc6-5)c5ccccc5C(c5ccccc5)(c5ccccc5)c5ccccc54)c3)cc2)cc1. The zero-order valence-corrected chi connectivity index (χ0v) is 38.6. The van der Waals surface area contributed by atoms with Crippen LogP contribution in [0.2, 0.25) is 0 Å². The van der Waals surface area contributed by atoms with Gasteiger partial charge in [0.15, 0.2) is 0 Å². The van der Waals surface area contributed by atoms with Crippen LogP contribution in [0.1, 0.15) is 44.5 Å². The highest BCUT2D eigenvalue weighted by molar-refractivity contribution is 5.92. The lowest BCUT2D eigenvalue weighted by atomic mass is 9.51. The number of para-hydroxylation sites is 2. The maximum absolute atomic E-state index is 2.50. The first-order chi connectivity index (χ1) is 34.7. The van der Waals surface area contributed by atoms with Crippen LogP contribution >= 0.6 is 0 Å². The van der Waals surface area contributed by atoms with Gasteiger partial charge < -0.3 is 9.80 Å². The van der Waals surface area contributed by atoms with Crippen molar-refractivity contribution in [2.75, 3.05) is 9.80 Å². The minimum absolute atomic E-state index is 0.570. The van der Waals surface area contributed by atoms with Crippen molar-refractivity contribution in [1.29, 1.82) is 0 Å². The third kappa shape index (κ3) is 6.34. The van der Waals surface area contributed by atoms with Crippen molar-refractivity contribution in [3.8, 4) is 22.3 Å². The molecule has 0 unspecified atom stereocenters. The van der Waals surface area contributed by atoms with Crippen LogP contribution in [0.15, 0.2) is 291 Å². The topological polar surface area (TPSA) is 6.48 Å². The van der Waals surface area contributed by atoms with Crippen LogP contribution in [0.4, 0.5) is 34.1 Å². The number of rotatable bonds is 9. The smallest absolute Gasteiger partial charge is 0.0720 e. The molecule has 0 fully saturated rings. The number of hydrogen-bond donors (Lipinski definition) is 0. The van der Waals surface area contributed by atoms with E-state index in [0.717, 1.165) is 34.1 Å². The molecule has 0 atom stereocenters. The molecule has 13 rings (SSSR count). The van der Waals surface area contributed by atoms with E-state index in [1.165, 1.54) is 66.8 Å². The van der Waals surface area contributed by atoms with Crippen molar-refractivity contribution in [1.82, 2.24) is 0 Å². The van der Waals surface area contributed by atoms with Crippen LogP contribution in [0.5, 0.6) is 0 Å². The highest BCUT2D eigenvalue weighted by Gasteiger charge is 2.56. The fourth-order valence-electron chi connectivity index (χ4n) is 12.0. The van der Waals surface area contributed by atoms with Crippen LogP contribution in [0.3, 0.4) is 0 Å². The summed E-state index contributed by atoms with van der Waals surface area (Å²) in [5.41, 5.74) is 20.5. The standard InChI is InChI=1S/C68H48N2/c1-6-23-49(24-7-1)50-41-43-55(44-42-50)69(53-29-12-4-13-30-53)56-33-22-34-57(47-56)70(54-31-14-5-15-32-54)58-45-46-60-59-35-16-17-36-61(59)68(66(60)48-58)64-39-20-18-37-62(64)67(51-25-8-2-9-26-51,52-27-10-3-11-28-52)63-38-19-21-40-65(63)68/h1-48H. The quantitative estimate of drug-likeness (QED) is 0.142. The molecule has 0 aliphatic heterocycles. The zero-order valence-electron chi connectivity index (χ0n) is 38.6. The Balaban J connectivity index is 1.03. The van der Waals surface area contributed by atoms with E-state index in [4.69, 9.17) is 0 Å². The highest BCUT2D eigenvalue weighted by atomic mass is 15.2. The van der Waals surface area contributed by atoms with Gasteiger partial charge in [-0.2, -0.15) is 0 Å². The molecule has 0 heterocycles. The molecule has 1 spiro atoms. The van der Waals surface area contributed by atoms with Crippen molar-refractivity contribution < 1.29 is 0 Å². The Morgan fingerprint density at radius 2 is 0.543 bits per heavy atom. The van der Waals surface area contributed by atoms with Crippen molar-refractivity contribution in [2.45, 2.75) is 10.8 Å². The van der Waals surface area contributed by atoms with Gasteiger partial charge in [-0.25, -0.2) is 0 Å². The number of anilines is 6. The van der Waals surface area contributed by atoms with Gasteiger partial charge in [0.1, 0.15) is 0 Å². The molecule has 2 aliphatic carbocycles. The lowest BCUT2D eigenvalue weighted by Gasteiger charge is -2.50. The van der Waals surface area contributed by atoms with Gasteiger partial charge in [0, 0.05) is 34.1 Å². The number of nitrogens with zero attached hydrogens (tertiary/aromatic N) is 2. The molecule has 0 bridgehead atoms. The van der Waals surface area contributed by atoms with Gasteiger partial charge >= 0.3 is 0 Å². The Hall–Kier alpha value is -8.98. The first-order valence-electron chi connectivity index (χ1n) is 24.3. The second-order valence-electron chi connectivity index (χ2n) is 18.4. The molecule has 0 saturated carbocycles. The van der Waals surface area contributed by atoms with Gasteiger partial charge in [0.25, 0.3) is 0 Å². The molecule has 70 heavy (non-hydrogen) atoms. The minimum Gasteiger partial charge on any atom is -0.310 e. The summed E-state index contributed by atoms with van der Waals surface area (Å²) in [5, 5.41) is 0. The van der Waals surface area contributed by atoms with Crippen LogP contribution in [0.25, 0.3) is 22.3 Å². The maximum atomic E-state index is 2.50. The Labute approximate surface area is 410 Å².